The summed E-state index contributed by atoms with van der Waals surface area (Å²) in [5, 5.41) is 12.5. The lowest BCUT2D eigenvalue weighted by Crippen LogP contribution is -2.05. The summed E-state index contributed by atoms with van der Waals surface area (Å²) in [5.41, 5.74) is 3.69. The summed E-state index contributed by atoms with van der Waals surface area (Å²) in [7, 11) is 1.56. The van der Waals surface area contributed by atoms with Crippen LogP contribution in [0.1, 0.15) is 27.0 Å². The van der Waals surface area contributed by atoms with E-state index in [9.17, 15) is 14.3 Å². The zero-order valence-corrected chi connectivity index (χ0v) is 18.1. The SMILES string of the molecule is COc1cc(CNc2cc(C(=O)O)ccc2C)cc(Br)c1OCc1ccc(F)cc1. The monoisotopic (exact) mass is 473 g/mol. The Morgan fingerprint density at radius 2 is 1.83 bits per heavy atom. The molecule has 0 saturated carbocycles. The Morgan fingerprint density at radius 3 is 2.50 bits per heavy atom. The molecule has 0 aliphatic heterocycles. The fourth-order valence-electron chi connectivity index (χ4n) is 2.89. The van der Waals surface area contributed by atoms with Crippen LogP contribution in [0, 0.1) is 12.7 Å². The zero-order valence-electron chi connectivity index (χ0n) is 16.5. The van der Waals surface area contributed by atoms with Crippen LogP contribution in [0.15, 0.2) is 59.1 Å². The molecular weight excluding hydrogens is 453 g/mol. The van der Waals surface area contributed by atoms with E-state index in [1.165, 1.54) is 12.1 Å². The summed E-state index contributed by atoms with van der Waals surface area (Å²) in [4.78, 5) is 11.2. The largest absolute Gasteiger partial charge is 0.493 e. The van der Waals surface area contributed by atoms with Crippen molar-refractivity contribution in [3.05, 3.63) is 87.1 Å². The Bertz CT molecular complexity index is 1050. The summed E-state index contributed by atoms with van der Waals surface area (Å²) >= 11 is 3.52. The number of carboxylic acid groups (broad SMARTS) is 1. The van der Waals surface area contributed by atoms with Gasteiger partial charge in [0.05, 0.1) is 17.1 Å². The minimum atomic E-state index is -0.967. The molecule has 156 valence electrons. The number of carboxylic acids is 1. The third-order valence-corrected chi connectivity index (χ3v) is 5.14. The third-order valence-electron chi connectivity index (χ3n) is 4.55. The van der Waals surface area contributed by atoms with Gasteiger partial charge in [-0.25, -0.2) is 9.18 Å². The van der Waals surface area contributed by atoms with Crippen molar-refractivity contribution in [1.82, 2.24) is 0 Å². The second-order valence-corrected chi connectivity index (χ2v) is 7.57. The number of rotatable bonds is 8. The lowest BCUT2D eigenvalue weighted by molar-refractivity contribution is 0.0697. The molecule has 0 aromatic heterocycles. The molecular formula is C23H21BrFNO4. The summed E-state index contributed by atoms with van der Waals surface area (Å²) in [5.74, 6) is -0.155. The summed E-state index contributed by atoms with van der Waals surface area (Å²) in [6.45, 7) is 2.65. The molecule has 0 unspecified atom stereocenters. The van der Waals surface area contributed by atoms with Crippen molar-refractivity contribution in [3.8, 4) is 11.5 Å². The summed E-state index contributed by atoms with van der Waals surface area (Å²) < 4.78 is 25.1. The van der Waals surface area contributed by atoms with E-state index < -0.39 is 5.97 Å². The molecule has 0 aliphatic carbocycles. The van der Waals surface area contributed by atoms with Crippen molar-refractivity contribution in [2.45, 2.75) is 20.1 Å². The first-order valence-corrected chi connectivity index (χ1v) is 9.98. The number of nitrogens with one attached hydrogen (secondary N) is 1. The Labute approximate surface area is 182 Å². The van der Waals surface area contributed by atoms with E-state index in [4.69, 9.17) is 9.47 Å². The fourth-order valence-corrected chi connectivity index (χ4v) is 3.50. The molecule has 0 fully saturated rings. The molecule has 30 heavy (non-hydrogen) atoms. The van der Waals surface area contributed by atoms with Gasteiger partial charge in [-0.05, 0) is 75.9 Å². The van der Waals surface area contributed by atoms with E-state index >= 15 is 0 Å². The molecule has 0 aliphatic rings. The number of hydrogen-bond acceptors (Lipinski definition) is 4. The van der Waals surface area contributed by atoms with Gasteiger partial charge >= 0.3 is 5.97 Å². The third kappa shape index (κ3) is 5.30. The number of carbonyl (C=O) groups is 1. The molecule has 3 aromatic carbocycles. The van der Waals surface area contributed by atoms with Crippen LogP contribution in [0.3, 0.4) is 0 Å². The van der Waals surface area contributed by atoms with E-state index in [2.05, 4.69) is 21.2 Å². The quantitative estimate of drug-likeness (QED) is 0.432. The highest BCUT2D eigenvalue weighted by atomic mass is 79.9. The Kier molecular flexibility index (Phi) is 6.95. The van der Waals surface area contributed by atoms with Crippen LogP contribution in [0.2, 0.25) is 0 Å². The molecule has 0 atom stereocenters. The lowest BCUT2D eigenvalue weighted by Gasteiger charge is -2.16. The van der Waals surface area contributed by atoms with Gasteiger partial charge in [0.2, 0.25) is 0 Å². The van der Waals surface area contributed by atoms with Gasteiger partial charge in [-0.2, -0.15) is 0 Å². The van der Waals surface area contributed by atoms with Gasteiger partial charge in [-0.3, -0.25) is 0 Å². The van der Waals surface area contributed by atoms with Crippen molar-refractivity contribution in [2.75, 3.05) is 12.4 Å². The number of aromatic carboxylic acids is 1. The molecule has 5 nitrogen and oxygen atoms in total. The van der Waals surface area contributed by atoms with Crippen LogP contribution < -0.4 is 14.8 Å². The average Bonchev–Trinajstić information content (AvgIpc) is 2.73. The van der Waals surface area contributed by atoms with E-state index in [-0.39, 0.29) is 18.0 Å². The maximum atomic E-state index is 13.1. The average molecular weight is 474 g/mol. The molecule has 0 heterocycles. The minimum absolute atomic E-state index is 0.228. The van der Waals surface area contributed by atoms with Crippen LogP contribution in [-0.4, -0.2) is 18.2 Å². The van der Waals surface area contributed by atoms with Gasteiger partial charge < -0.3 is 19.9 Å². The first-order valence-electron chi connectivity index (χ1n) is 9.19. The van der Waals surface area contributed by atoms with Gasteiger partial charge in [-0.15, -0.1) is 0 Å². The van der Waals surface area contributed by atoms with Crippen LogP contribution in [0.25, 0.3) is 0 Å². The van der Waals surface area contributed by atoms with Crippen molar-refractivity contribution in [2.24, 2.45) is 0 Å². The first kappa shape index (κ1) is 21.6. The standard InChI is InChI=1S/C23H21BrFNO4/c1-14-3-6-17(23(27)28)11-20(14)26-12-16-9-19(24)22(21(10-16)29-2)30-13-15-4-7-18(25)8-5-15/h3-11,26H,12-13H2,1-2H3,(H,27,28). The molecule has 0 bridgehead atoms. The molecule has 3 rings (SSSR count). The summed E-state index contributed by atoms with van der Waals surface area (Å²) in [6, 6.07) is 14.8. The molecule has 0 radical (unpaired) electrons. The number of hydrogen-bond donors (Lipinski definition) is 2. The van der Waals surface area contributed by atoms with E-state index in [0.717, 1.165) is 26.9 Å². The number of halogens is 2. The molecule has 0 amide bonds. The maximum Gasteiger partial charge on any atom is 0.335 e. The fraction of sp³-hybridized carbons (Fsp3) is 0.174. The van der Waals surface area contributed by atoms with E-state index in [1.54, 1.807) is 37.4 Å². The van der Waals surface area contributed by atoms with Crippen molar-refractivity contribution in [3.63, 3.8) is 0 Å². The number of aryl methyl sites for hydroxylation is 1. The van der Waals surface area contributed by atoms with Gasteiger partial charge in [0.15, 0.2) is 11.5 Å². The van der Waals surface area contributed by atoms with Crippen LogP contribution in [0.5, 0.6) is 11.5 Å². The van der Waals surface area contributed by atoms with Gasteiger partial charge in [-0.1, -0.05) is 18.2 Å². The van der Waals surface area contributed by atoms with Crippen LogP contribution in [-0.2, 0) is 13.2 Å². The molecule has 0 spiro atoms. The van der Waals surface area contributed by atoms with Gasteiger partial charge in [0.25, 0.3) is 0 Å². The second-order valence-electron chi connectivity index (χ2n) is 6.71. The highest BCUT2D eigenvalue weighted by molar-refractivity contribution is 9.10. The molecule has 0 saturated heterocycles. The number of benzene rings is 3. The normalized spacial score (nSPS) is 10.5. The van der Waals surface area contributed by atoms with Crippen molar-refractivity contribution >= 4 is 27.6 Å². The van der Waals surface area contributed by atoms with E-state index in [1.807, 2.05) is 19.1 Å². The minimum Gasteiger partial charge on any atom is -0.493 e. The Hall–Kier alpha value is -3.06. The number of methoxy groups -OCH3 is 1. The van der Waals surface area contributed by atoms with Gasteiger partial charge in [0.1, 0.15) is 12.4 Å². The number of anilines is 1. The first-order chi connectivity index (χ1) is 14.4. The zero-order chi connectivity index (χ0) is 21.7. The predicted molar refractivity (Wildman–Crippen MR) is 117 cm³/mol. The Morgan fingerprint density at radius 1 is 1.10 bits per heavy atom. The highest BCUT2D eigenvalue weighted by Crippen LogP contribution is 2.37. The van der Waals surface area contributed by atoms with Crippen molar-refractivity contribution in [1.29, 1.82) is 0 Å². The van der Waals surface area contributed by atoms with Crippen molar-refractivity contribution < 1.29 is 23.8 Å². The maximum absolute atomic E-state index is 13.1. The summed E-state index contributed by atoms with van der Waals surface area (Å²) in [6.07, 6.45) is 0. The van der Waals surface area contributed by atoms with E-state index in [0.29, 0.717) is 18.0 Å². The molecule has 2 N–H and O–H groups in total. The molecule has 3 aromatic rings. The van der Waals surface area contributed by atoms with Crippen LogP contribution in [0.4, 0.5) is 10.1 Å². The predicted octanol–water partition coefficient (Wildman–Crippen LogP) is 5.79. The highest BCUT2D eigenvalue weighted by Gasteiger charge is 2.13. The topological polar surface area (TPSA) is 67.8 Å². The smallest absolute Gasteiger partial charge is 0.335 e. The molecule has 7 heteroatoms. The Balaban J connectivity index is 1.74. The lowest BCUT2D eigenvalue weighted by atomic mass is 10.1. The second kappa shape index (κ2) is 9.63. The number of ether oxygens (including phenoxy) is 2. The van der Waals surface area contributed by atoms with Gasteiger partial charge in [0, 0.05) is 12.2 Å². The van der Waals surface area contributed by atoms with Crippen LogP contribution >= 0.6 is 15.9 Å².